The van der Waals surface area contributed by atoms with Crippen molar-refractivity contribution < 1.29 is 24.4 Å². The van der Waals surface area contributed by atoms with Gasteiger partial charge in [0.1, 0.15) is 22.8 Å². The van der Waals surface area contributed by atoms with Crippen LogP contribution in [-0.2, 0) is 0 Å². The minimum absolute atomic E-state index is 0.365. The monoisotopic (exact) mass is 399 g/mol. The quantitative estimate of drug-likeness (QED) is 0.805. The second-order valence-electron chi connectivity index (χ2n) is 8.00. The lowest BCUT2D eigenvalue weighted by atomic mass is 9.81. The number of fused-ring (bicyclic) bond motifs is 1. The van der Waals surface area contributed by atoms with Gasteiger partial charge in [0.15, 0.2) is 0 Å². The van der Waals surface area contributed by atoms with E-state index < -0.39 is 12.2 Å². The number of nitrogens with zero attached hydrogens (tertiary/aromatic N) is 1. The summed E-state index contributed by atoms with van der Waals surface area (Å²) in [5.74, 6) is 2.19. The highest BCUT2D eigenvalue weighted by Crippen LogP contribution is 2.45. The molecule has 1 saturated heterocycles. The third-order valence-corrected chi connectivity index (χ3v) is 6.15. The second-order valence-corrected chi connectivity index (χ2v) is 8.00. The fraction of sp³-hybridized carbons (Fsp3) is 0.478. The zero-order chi connectivity index (χ0) is 20.4. The number of methoxy groups -OCH3 is 2. The van der Waals surface area contributed by atoms with E-state index in [4.69, 9.17) is 14.2 Å². The molecule has 0 radical (unpaired) electrons. The zero-order valence-corrected chi connectivity index (χ0v) is 17.0. The zero-order valence-electron chi connectivity index (χ0n) is 17.0. The van der Waals surface area contributed by atoms with E-state index >= 15 is 0 Å². The highest BCUT2D eigenvalue weighted by Gasteiger charge is 2.43. The number of benzene rings is 2. The maximum atomic E-state index is 10.7. The van der Waals surface area contributed by atoms with E-state index in [9.17, 15) is 10.2 Å². The number of likely N-dealkylation sites (tertiary alicyclic amines) is 1. The topological polar surface area (TPSA) is 71.4 Å². The van der Waals surface area contributed by atoms with Crippen LogP contribution in [0, 0.1) is 0 Å². The largest absolute Gasteiger partial charge is 0.497 e. The van der Waals surface area contributed by atoms with Crippen molar-refractivity contribution in [2.75, 3.05) is 33.9 Å². The Morgan fingerprint density at radius 1 is 1.10 bits per heavy atom. The second kappa shape index (κ2) is 8.22. The van der Waals surface area contributed by atoms with Gasteiger partial charge >= 0.3 is 0 Å². The summed E-state index contributed by atoms with van der Waals surface area (Å²) in [7, 11) is 3.25. The van der Waals surface area contributed by atoms with Gasteiger partial charge in [-0.05, 0) is 42.7 Å². The maximum Gasteiger partial charge on any atom is 0.129 e. The predicted molar refractivity (Wildman–Crippen MR) is 110 cm³/mol. The highest BCUT2D eigenvalue weighted by molar-refractivity contribution is 5.44. The van der Waals surface area contributed by atoms with E-state index in [1.807, 2.05) is 42.5 Å². The van der Waals surface area contributed by atoms with Gasteiger partial charge in [-0.25, -0.2) is 0 Å². The number of rotatable bonds is 5. The average molecular weight is 399 g/mol. The first-order valence-corrected chi connectivity index (χ1v) is 10.1. The summed E-state index contributed by atoms with van der Waals surface area (Å²) in [6.07, 6.45) is 1.12. The number of hydrogen-bond donors (Lipinski definition) is 2. The van der Waals surface area contributed by atoms with Gasteiger partial charge in [-0.2, -0.15) is 0 Å². The summed E-state index contributed by atoms with van der Waals surface area (Å²) < 4.78 is 17.0. The van der Waals surface area contributed by atoms with Crippen LogP contribution in [0.3, 0.4) is 0 Å². The summed E-state index contributed by atoms with van der Waals surface area (Å²) in [6.45, 7) is 2.19. The van der Waals surface area contributed by atoms with E-state index in [2.05, 4.69) is 4.90 Å². The van der Waals surface area contributed by atoms with Crippen LogP contribution >= 0.6 is 0 Å². The maximum absolute atomic E-state index is 10.7. The molecule has 0 bridgehead atoms. The molecule has 6 heteroatoms. The first-order chi connectivity index (χ1) is 14.0. The molecule has 2 unspecified atom stereocenters. The molecule has 2 atom stereocenters. The molecule has 156 valence electrons. The first-order valence-electron chi connectivity index (χ1n) is 10.1. The highest BCUT2D eigenvalue weighted by atomic mass is 16.5. The van der Waals surface area contributed by atoms with Crippen molar-refractivity contribution in [3.63, 3.8) is 0 Å². The molecule has 29 heavy (non-hydrogen) atoms. The molecule has 2 aromatic carbocycles. The van der Waals surface area contributed by atoms with Gasteiger partial charge in [-0.1, -0.05) is 12.1 Å². The average Bonchev–Trinajstić information content (AvgIpc) is 2.75. The molecule has 6 nitrogen and oxygen atoms in total. The van der Waals surface area contributed by atoms with Gasteiger partial charge in [0.25, 0.3) is 0 Å². The first kappa shape index (κ1) is 20.0. The van der Waals surface area contributed by atoms with Crippen molar-refractivity contribution in [1.29, 1.82) is 0 Å². The summed E-state index contributed by atoms with van der Waals surface area (Å²) in [4.78, 5) is 2.26. The Bertz CT molecular complexity index is 847. The van der Waals surface area contributed by atoms with Crippen molar-refractivity contribution in [3.05, 3.63) is 53.6 Å². The van der Waals surface area contributed by atoms with Crippen molar-refractivity contribution in [3.8, 4) is 17.2 Å². The normalized spacial score (nSPS) is 21.9. The molecule has 0 aliphatic carbocycles. The van der Waals surface area contributed by atoms with Crippen LogP contribution in [-0.4, -0.2) is 54.6 Å². The number of hydrogen-bond acceptors (Lipinski definition) is 6. The van der Waals surface area contributed by atoms with E-state index in [1.165, 1.54) is 0 Å². The Kier molecular flexibility index (Phi) is 5.67. The third kappa shape index (κ3) is 4.20. The summed E-state index contributed by atoms with van der Waals surface area (Å²) in [6, 6.07) is 13.2. The van der Waals surface area contributed by atoms with Gasteiger partial charge in [-0.3, -0.25) is 0 Å². The van der Waals surface area contributed by atoms with Gasteiger partial charge in [-0.15, -0.1) is 0 Å². The van der Waals surface area contributed by atoms with Crippen molar-refractivity contribution in [2.45, 2.75) is 37.1 Å². The Morgan fingerprint density at radius 3 is 2.55 bits per heavy atom. The van der Waals surface area contributed by atoms with E-state index in [0.717, 1.165) is 48.6 Å². The van der Waals surface area contributed by atoms with Crippen LogP contribution in [0.4, 0.5) is 0 Å². The Morgan fingerprint density at radius 2 is 1.83 bits per heavy atom. The SMILES string of the molecule is COc1cccc(C(O)CN2CCC3(CC2)CC(O)c2ccc(OC)cc2O3)c1. The molecule has 2 aromatic rings. The number of β-amino-alcohol motifs (C(OH)–C–C–N with tert-alkyl or cyclic N) is 1. The summed E-state index contributed by atoms with van der Waals surface area (Å²) in [5.41, 5.74) is 1.32. The molecule has 0 aromatic heterocycles. The van der Waals surface area contributed by atoms with Crippen LogP contribution in [0.1, 0.15) is 42.6 Å². The van der Waals surface area contributed by atoms with E-state index in [0.29, 0.717) is 18.7 Å². The molecule has 2 N–H and O–H groups in total. The van der Waals surface area contributed by atoms with Crippen LogP contribution in [0.25, 0.3) is 0 Å². The fourth-order valence-corrected chi connectivity index (χ4v) is 4.39. The Labute approximate surface area is 171 Å². The molecule has 1 fully saturated rings. The van der Waals surface area contributed by atoms with Crippen LogP contribution in [0.5, 0.6) is 17.2 Å². The fourth-order valence-electron chi connectivity index (χ4n) is 4.39. The molecule has 2 heterocycles. The Balaban J connectivity index is 1.40. The number of aliphatic hydroxyl groups is 2. The minimum Gasteiger partial charge on any atom is -0.497 e. The minimum atomic E-state index is -0.568. The molecular weight excluding hydrogens is 370 g/mol. The predicted octanol–water partition coefficient (Wildman–Crippen LogP) is 3.09. The summed E-state index contributed by atoms with van der Waals surface area (Å²) in [5, 5.41) is 21.3. The lowest BCUT2D eigenvalue weighted by Gasteiger charge is -2.46. The standard InChI is InChI=1S/C23H29NO5/c1-27-17-5-3-4-16(12-17)21(26)15-24-10-8-23(9-11-24)14-20(25)19-7-6-18(28-2)13-22(19)29-23/h3-7,12-13,20-21,25-26H,8-11,14-15H2,1-2H3. The Hall–Kier alpha value is -2.28. The van der Waals surface area contributed by atoms with Gasteiger partial charge < -0.3 is 29.3 Å². The van der Waals surface area contributed by atoms with Gasteiger partial charge in [0.2, 0.25) is 0 Å². The smallest absolute Gasteiger partial charge is 0.129 e. The van der Waals surface area contributed by atoms with Crippen molar-refractivity contribution in [1.82, 2.24) is 4.90 Å². The van der Waals surface area contributed by atoms with Crippen molar-refractivity contribution in [2.24, 2.45) is 0 Å². The molecular formula is C23H29NO5. The molecule has 0 saturated carbocycles. The van der Waals surface area contributed by atoms with Gasteiger partial charge in [0.05, 0.1) is 26.4 Å². The van der Waals surface area contributed by atoms with Gasteiger partial charge in [0, 0.05) is 37.7 Å². The molecule has 4 rings (SSSR count). The lowest BCUT2D eigenvalue weighted by Crippen LogP contribution is -2.51. The van der Waals surface area contributed by atoms with Crippen LogP contribution in [0.2, 0.25) is 0 Å². The molecule has 2 aliphatic heterocycles. The third-order valence-electron chi connectivity index (χ3n) is 6.15. The van der Waals surface area contributed by atoms with Crippen LogP contribution in [0.15, 0.2) is 42.5 Å². The molecule has 2 aliphatic rings. The van der Waals surface area contributed by atoms with Crippen molar-refractivity contribution >= 4 is 0 Å². The molecule has 1 spiro atoms. The molecule has 0 amide bonds. The van der Waals surface area contributed by atoms with E-state index in [-0.39, 0.29) is 5.60 Å². The van der Waals surface area contributed by atoms with Crippen LogP contribution < -0.4 is 14.2 Å². The number of piperidine rings is 1. The lowest BCUT2D eigenvalue weighted by molar-refractivity contribution is -0.0588. The number of ether oxygens (including phenoxy) is 3. The summed E-state index contributed by atoms with van der Waals surface area (Å²) >= 11 is 0. The number of aliphatic hydroxyl groups excluding tert-OH is 2. The van der Waals surface area contributed by atoms with E-state index in [1.54, 1.807) is 14.2 Å².